The first-order valence-corrected chi connectivity index (χ1v) is 14.2. The van der Waals surface area contributed by atoms with Crippen molar-refractivity contribution in [1.29, 1.82) is 0 Å². The van der Waals surface area contributed by atoms with Crippen molar-refractivity contribution >= 4 is 23.9 Å². The smallest absolute Gasteiger partial charge is 0.408 e. The van der Waals surface area contributed by atoms with Crippen molar-refractivity contribution in [2.45, 2.75) is 64.2 Å². The lowest BCUT2D eigenvalue weighted by Gasteiger charge is -2.15. The van der Waals surface area contributed by atoms with Crippen LogP contribution >= 0.6 is 0 Å². The number of carbonyl (C=O) groups excluding carboxylic acids is 3. The Morgan fingerprint density at radius 2 is 1.50 bits per heavy atom. The van der Waals surface area contributed by atoms with Gasteiger partial charge in [-0.15, -0.1) is 0 Å². The predicted molar refractivity (Wildman–Crippen MR) is 156 cm³/mol. The zero-order valence-corrected chi connectivity index (χ0v) is 23.5. The maximum atomic E-state index is 12.3. The summed E-state index contributed by atoms with van der Waals surface area (Å²) in [7, 11) is 0. The van der Waals surface area contributed by atoms with Crippen molar-refractivity contribution in [3.8, 4) is 11.1 Å². The van der Waals surface area contributed by atoms with E-state index in [9.17, 15) is 24.3 Å². The number of carbonyl (C=O) groups is 4. The first-order chi connectivity index (χ1) is 20.4. The van der Waals surface area contributed by atoms with Gasteiger partial charge in [0.2, 0.25) is 5.91 Å². The van der Waals surface area contributed by atoms with Crippen LogP contribution in [0.15, 0.2) is 72.8 Å². The average molecular weight is 573 g/mol. The molecule has 3 aromatic carbocycles. The summed E-state index contributed by atoms with van der Waals surface area (Å²) in [5.74, 6) is -1.81. The molecular formula is C33H36N2O7. The number of amides is 2. The number of unbranched alkanes of at least 4 members (excludes halogenated alkanes) is 2. The van der Waals surface area contributed by atoms with Crippen LogP contribution < -0.4 is 10.6 Å². The van der Waals surface area contributed by atoms with Crippen LogP contribution in [0.4, 0.5) is 4.79 Å². The third-order valence-corrected chi connectivity index (χ3v) is 7.10. The average Bonchev–Trinajstić information content (AvgIpc) is 3.37. The number of alkyl carbamates (subject to hydrolysis) is 1. The summed E-state index contributed by atoms with van der Waals surface area (Å²) in [4.78, 5) is 48.0. The minimum Gasteiger partial charge on any atom is -0.480 e. The minimum absolute atomic E-state index is 0.00698. The van der Waals surface area contributed by atoms with E-state index >= 15 is 0 Å². The van der Waals surface area contributed by atoms with E-state index in [1.165, 1.54) is 16.7 Å². The number of esters is 1. The van der Waals surface area contributed by atoms with Gasteiger partial charge < -0.3 is 25.2 Å². The lowest BCUT2D eigenvalue weighted by Crippen LogP contribution is -2.41. The van der Waals surface area contributed by atoms with Crippen LogP contribution in [0.25, 0.3) is 11.1 Å². The maximum Gasteiger partial charge on any atom is 0.408 e. The molecule has 0 fully saturated rings. The Labute approximate surface area is 245 Å². The Kier molecular flexibility index (Phi) is 11.1. The monoisotopic (exact) mass is 572 g/mol. The molecule has 0 aliphatic heterocycles. The lowest BCUT2D eigenvalue weighted by atomic mass is 10.0. The van der Waals surface area contributed by atoms with Crippen molar-refractivity contribution in [3.05, 3.63) is 95.1 Å². The largest absolute Gasteiger partial charge is 0.480 e. The molecule has 0 heterocycles. The summed E-state index contributed by atoms with van der Waals surface area (Å²) >= 11 is 0. The van der Waals surface area contributed by atoms with Crippen LogP contribution in [0.5, 0.6) is 0 Å². The van der Waals surface area contributed by atoms with Crippen molar-refractivity contribution in [1.82, 2.24) is 10.6 Å². The number of hydrogen-bond acceptors (Lipinski definition) is 6. The first-order valence-electron chi connectivity index (χ1n) is 14.2. The van der Waals surface area contributed by atoms with Crippen LogP contribution in [-0.4, -0.2) is 41.6 Å². The van der Waals surface area contributed by atoms with Gasteiger partial charge in [0.25, 0.3) is 0 Å². The second kappa shape index (κ2) is 15.4. The summed E-state index contributed by atoms with van der Waals surface area (Å²) in [6.45, 7) is 0.675. The molecule has 9 heteroatoms. The predicted octanol–water partition coefficient (Wildman–Crippen LogP) is 5.14. The van der Waals surface area contributed by atoms with Gasteiger partial charge in [0, 0.05) is 19.4 Å². The highest BCUT2D eigenvalue weighted by Gasteiger charge is 2.22. The summed E-state index contributed by atoms with van der Waals surface area (Å²) in [5.41, 5.74) is 6.55. The van der Waals surface area contributed by atoms with Gasteiger partial charge in [-0.05, 0) is 59.1 Å². The van der Waals surface area contributed by atoms with E-state index in [4.69, 9.17) is 9.47 Å². The van der Waals surface area contributed by atoms with Crippen LogP contribution in [0.1, 0.15) is 60.8 Å². The van der Waals surface area contributed by atoms with E-state index in [1.54, 1.807) is 0 Å². The molecule has 42 heavy (non-hydrogen) atoms. The molecule has 0 saturated heterocycles. The Morgan fingerprint density at radius 1 is 0.762 bits per heavy atom. The van der Waals surface area contributed by atoms with E-state index in [0.717, 1.165) is 29.5 Å². The van der Waals surface area contributed by atoms with E-state index in [1.807, 2.05) is 60.7 Å². The van der Waals surface area contributed by atoms with Crippen LogP contribution in [-0.2, 0) is 43.5 Å². The standard InChI is InChI=1S/C33H36N2O7/c36-30(34-18-8-2-5-13-31(37)41-21-23-9-3-1-4-10-23)17-16-29(32(38)39)35-33(40)42-22-24-14-15-28-26(19-24)20-25-11-6-7-12-27(25)28/h1,3-4,6-7,9-12,14-15,19,29H,2,5,8,13,16-18,20-22H2,(H,34,36)(H,35,40)(H,38,39)/t29-/m0/s1. The highest BCUT2D eigenvalue weighted by Crippen LogP contribution is 2.36. The van der Waals surface area contributed by atoms with Gasteiger partial charge in [-0.25, -0.2) is 9.59 Å². The summed E-state index contributed by atoms with van der Waals surface area (Å²) in [6.07, 6.45) is 2.21. The molecule has 1 aliphatic carbocycles. The first kappa shape index (κ1) is 30.3. The van der Waals surface area contributed by atoms with Gasteiger partial charge in [-0.1, -0.05) is 79.2 Å². The maximum absolute atomic E-state index is 12.3. The Balaban J connectivity index is 1.07. The molecule has 220 valence electrons. The van der Waals surface area contributed by atoms with Gasteiger partial charge in [0.1, 0.15) is 19.3 Å². The SMILES string of the molecule is O=C(CC[C@H](NC(=O)OCc1ccc2c(c1)Cc1ccccc1-2)C(=O)O)NCCCCCC(=O)OCc1ccccc1. The molecule has 0 bridgehead atoms. The summed E-state index contributed by atoms with van der Waals surface area (Å²) in [6, 6.07) is 22.3. The molecule has 0 saturated carbocycles. The zero-order valence-electron chi connectivity index (χ0n) is 23.5. The number of hydrogen-bond donors (Lipinski definition) is 3. The molecule has 9 nitrogen and oxygen atoms in total. The fourth-order valence-electron chi connectivity index (χ4n) is 4.85. The minimum atomic E-state index is -1.25. The van der Waals surface area contributed by atoms with Crippen molar-refractivity contribution in [2.75, 3.05) is 6.54 Å². The van der Waals surface area contributed by atoms with Crippen LogP contribution in [0.3, 0.4) is 0 Å². The highest BCUT2D eigenvalue weighted by molar-refractivity contribution is 5.82. The number of nitrogens with one attached hydrogen (secondary N) is 2. The fourth-order valence-corrected chi connectivity index (χ4v) is 4.85. The Bertz CT molecular complexity index is 1390. The molecule has 0 spiro atoms. The lowest BCUT2D eigenvalue weighted by molar-refractivity contribution is -0.145. The van der Waals surface area contributed by atoms with Gasteiger partial charge in [0.15, 0.2) is 0 Å². The van der Waals surface area contributed by atoms with E-state index in [2.05, 4.69) is 22.8 Å². The molecule has 0 unspecified atom stereocenters. The van der Waals surface area contributed by atoms with Crippen molar-refractivity contribution < 1.29 is 33.8 Å². The van der Waals surface area contributed by atoms with Gasteiger partial charge in [0.05, 0.1) is 0 Å². The highest BCUT2D eigenvalue weighted by atomic mass is 16.5. The number of aliphatic carboxylic acids is 1. The van der Waals surface area contributed by atoms with Gasteiger partial charge >= 0.3 is 18.0 Å². The molecule has 3 aromatic rings. The zero-order chi connectivity index (χ0) is 29.7. The molecule has 2 amide bonds. The number of benzene rings is 3. The van der Waals surface area contributed by atoms with Crippen LogP contribution in [0, 0.1) is 0 Å². The third-order valence-electron chi connectivity index (χ3n) is 7.10. The fraction of sp³-hybridized carbons (Fsp3) is 0.333. The van der Waals surface area contributed by atoms with E-state index in [-0.39, 0.29) is 37.9 Å². The Morgan fingerprint density at radius 3 is 2.31 bits per heavy atom. The topological polar surface area (TPSA) is 131 Å². The number of fused-ring (bicyclic) bond motifs is 3. The summed E-state index contributed by atoms with van der Waals surface area (Å²) < 4.78 is 10.5. The Hall–Kier alpha value is -4.66. The molecule has 3 N–H and O–H groups in total. The molecule has 1 aliphatic rings. The molecule has 4 rings (SSSR count). The molecule has 0 radical (unpaired) electrons. The summed E-state index contributed by atoms with van der Waals surface area (Å²) in [5, 5.41) is 14.6. The van der Waals surface area contributed by atoms with Crippen molar-refractivity contribution in [3.63, 3.8) is 0 Å². The quantitative estimate of drug-likeness (QED) is 0.133. The molecular weight excluding hydrogens is 536 g/mol. The number of ether oxygens (including phenoxy) is 2. The van der Waals surface area contributed by atoms with E-state index in [0.29, 0.717) is 25.8 Å². The second-order valence-corrected chi connectivity index (χ2v) is 10.3. The van der Waals surface area contributed by atoms with Gasteiger partial charge in [-0.3, -0.25) is 9.59 Å². The second-order valence-electron chi connectivity index (χ2n) is 10.3. The number of carboxylic acid groups (broad SMARTS) is 1. The van der Waals surface area contributed by atoms with Gasteiger partial charge in [-0.2, -0.15) is 0 Å². The van der Waals surface area contributed by atoms with Crippen LogP contribution in [0.2, 0.25) is 0 Å². The molecule has 0 aromatic heterocycles. The number of rotatable bonds is 15. The van der Waals surface area contributed by atoms with Crippen molar-refractivity contribution in [2.24, 2.45) is 0 Å². The third kappa shape index (κ3) is 9.19. The normalized spacial score (nSPS) is 12.0. The molecule has 1 atom stereocenters. The van der Waals surface area contributed by atoms with E-state index < -0.39 is 18.1 Å². The number of carboxylic acids is 1.